The molecule has 1 saturated carbocycles. The number of fused-ring (bicyclic) bond motifs is 5. The summed E-state index contributed by atoms with van der Waals surface area (Å²) in [6, 6.07) is 0. The highest BCUT2D eigenvalue weighted by Crippen LogP contribution is 2.52. The van der Waals surface area contributed by atoms with Gasteiger partial charge in [-0.1, -0.05) is 12.2 Å². The monoisotopic (exact) mass is 347 g/mol. The number of hydrogen-bond acceptors (Lipinski definition) is 4. The summed E-state index contributed by atoms with van der Waals surface area (Å²) in [5, 5.41) is 6.44. The van der Waals surface area contributed by atoms with E-state index in [4.69, 9.17) is 0 Å². The number of guanidine groups is 1. The number of imide groups is 1. The lowest BCUT2D eigenvalue weighted by molar-refractivity contribution is -0.140. The molecule has 25 heavy (non-hydrogen) atoms. The largest absolute Gasteiger partial charge is 0.356 e. The van der Waals surface area contributed by atoms with Crippen LogP contribution in [0.25, 0.3) is 0 Å². The lowest BCUT2D eigenvalue weighted by Crippen LogP contribution is -2.44. The van der Waals surface area contributed by atoms with E-state index in [1.165, 1.54) is 4.90 Å². The molecule has 0 aromatic rings. The van der Waals surface area contributed by atoms with Crippen LogP contribution in [0.1, 0.15) is 12.8 Å². The van der Waals surface area contributed by atoms with Crippen LogP contribution in [0.5, 0.6) is 0 Å². The maximum atomic E-state index is 12.6. The third-order valence-corrected chi connectivity index (χ3v) is 5.49. The van der Waals surface area contributed by atoms with Crippen LogP contribution in [-0.4, -0.2) is 74.9 Å². The summed E-state index contributed by atoms with van der Waals surface area (Å²) in [6.45, 7) is 2.77. The Morgan fingerprint density at radius 1 is 1.16 bits per heavy atom. The molecule has 2 N–H and O–H groups in total. The minimum absolute atomic E-state index is 0.0163. The number of nitrogens with zero attached hydrogens (tertiary/aromatic N) is 3. The Bertz CT molecular complexity index is 556. The minimum atomic E-state index is -0.106. The molecule has 0 radical (unpaired) electrons. The van der Waals surface area contributed by atoms with Gasteiger partial charge in [0, 0.05) is 26.7 Å². The number of allylic oxidation sites excluding steroid dienone is 2. The number of likely N-dealkylation sites (tertiary alicyclic amines) is 1. The van der Waals surface area contributed by atoms with Crippen molar-refractivity contribution < 1.29 is 9.59 Å². The molecule has 7 nitrogen and oxygen atoms in total. The van der Waals surface area contributed by atoms with Gasteiger partial charge in [0.1, 0.15) is 0 Å². The Kier molecular flexibility index (Phi) is 5.42. The number of aliphatic imine (C=N–C) groups is 1. The molecule has 1 aliphatic heterocycles. The number of rotatable bonds is 7. The van der Waals surface area contributed by atoms with Crippen molar-refractivity contribution in [3.63, 3.8) is 0 Å². The maximum absolute atomic E-state index is 12.6. The molecule has 7 heteroatoms. The maximum Gasteiger partial charge on any atom is 0.233 e. The van der Waals surface area contributed by atoms with E-state index < -0.39 is 0 Å². The third-order valence-electron chi connectivity index (χ3n) is 5.49. The van der Waals surface area contributed by atoms with Crippen molar-refractivity contribution in [2.75, 3.05) is 47.3 Å². The van der Waals surface area contributed by atoms with Crippen molar-refractivity contribution in [1.29, 1.82) is 0 Å². The van der Waals surface area contributed by atoms with Crippen LogP contribution in [0.3, 0.4) is 0 Å². The Morgan fingerprint density at radius 3 is 2.32 bits per heavy atom. The van der Waals surface area contributed by atoms with Crippen LogP contribution in [0.15, 0.2) is 17.1 Å². The molecule has 1 saturated heterocycles. The highest BCUT2D eigenvalue weighted by molar-refractivity contribution is 6.06. The number of hydrogen-bond donors (Lipinski definition) is 2. The van der Waals surface area contributed by atoms with Crippen LogP contribution in [-0.2, 0) is 9.59 Å². The lowest BCUT2D eigenvalue weighted by atomic mass is 9.85. The van der Waals surface area contributed by atoms with E-state index in [1.54, 1.807) is 7.05 Å². The normalized spacial score (nSPS) is 30.6. The van der Waals surface area contributed by atoms with E-state index >= 15 is 0 Å². The molecule has 2 fully saturated rings. The summed E-state index contributed by atoms with van der Waals surface area (Å²) in [6.07, 6.45) is 6.24. The van der Waals surface area contributed by atoms with Crippen molar-refractivity contribution in [2.45, 2.75) is 12.8 Å². The van der Waals surface area contributed by atoms with Gasteiger partial charge < -0.3 is 15.5 Å². The van der Waals surface area contributed by atoms with E-state index in [9.17, 15) is 9.59 Å². The summed E-state index contributed by atoms with van der Waals surface area (Å²) in [5.41, 5.74) is 0. The van der Waals surface area contributed by atoms with Crippen molar-refractivity contribution in [2.24, 2.45) is 28.7 Å². The molecular formula is C18H29N5O2. The standard InChI is InChI=1S/C18H29N5O2/c1-19-18(20-7-4-9-22(2)3)21-8-10-23-16(24)14-12-5-6-13(11-12)15(14)17(23)25/h5-6,12-15H,4,7-11H2,1-3H3,(H2,19,20,21). The van der Waals surface area contributed by atoms with Gasteiger partial charge in [-0.15, -0.1) is 0 Å². The lowest BCUT2D eigenvalue weighted by Gasteiger charge is -2.19. The zero-order chi connectivity index (χ0) is 18.0. The van der Waals surface area contributed by atoms with Gasteiger partial charge in [0.2, 0.25) is 11.8 Å². The Balaban J connectivity index is 1.43. The van der Waals surface area contributed by atoms with Gasteiger partial charge in [-0.3, -0.25) is 19.5 Å². The fourth-order valence-electron chi connectivity index (χ4n) is 4.29. The smallest absolute Gasteiger partial charge is 0.233 e. The second-order valence-corrected chi connectivity index (χ2v) is 7.41. The average Bonchev–Trinajstić information content (AvgIpc) is 3.25. The third kappa shape index (κ3) is 3.56. The quantitative estimate of drug-likeness (QED) is 0.221. The van der Waals surface area contributed by atoms with Crippen LogP contribution in [0.4, 0.5) is 0 Å². The summed E-state index contributed by atoms with van der Waals surface area (Å²) in [5.74, 6) is 1.08. The second-order valence-electron chi connectivity index (χ2n) is 7.41. The minimum Gasteiger partial charge on any atom is -0.356 e. The molecule has 2 bridgehead atoms. The van der Waals surface area contributed by atoms with E-state index in [-0.39, 0.29) is 35.5 Å². The van der Waals surface area contributed by atoms with Crippen molar-refractivity contribution >= 4 is 17.8 Å². The van der Waals surface area contributed by atoms with E-state index in [1.807, 2.05) is 14.1 Å². The van der Waals surface area contributed by atoms with Crippen molar-refractivity contribution in [1.82, 2.24) is 20.4 Å². The number of amides is 2. The molecule has 1 heterocycles. The highest BCUT2D eigenvalue weighted by atomic mass is 16.2. The molecule has 138 valence electrons. The van der Waals surface area contributed by atoms with Gasteiger partial charge >= 0.3 is 0 Å². The Labute approximate surface area is 149 Å². The summed E-state index contributed by atoms with van der Waals surface area (Å²) >= 11 is 0. The van der Waals surface area contributed by atoms with E-state index in [2.05, 4.69) is 32.7 Å². The topological polar surface area (TPSA) is 77.0 Å². The second kappa shape index (κ2) is 7.56. The molecule has 3 rings (SSSR count). The first kappa shape index (κ1) is 17.9. The van der Waals surface area contributed by atoms with Crippen LogP contribution in [0.2, 0.25) is 0 Å². The molecule has 4 atom stereocenters. The Hall–Kier alpha value is -1.89. The SMILES string of the molecule is CN=C(NCCCN(C)C)NCCN1C(=O)C2C3C=CC(C3)C2C1=O. The molecule has 3 aliphatic rings. The van der Waals surface area contributed by atoms with Gasteiger partial charge in [0.05, 0.1) is 11.8 Å². The molecule has 0 spiro atoms. The van der Waals surface area contributed by atoms with E-state index in [0.717, 1.165) is 25.9 Å². The molecular weight excluding hydrogens is 318 g/mol. The van der Waals surface area contributed by atoms with Crippen molar-refractivity contribution in [3.05, 3.63) is 12.2 Å². The zero-order valence-electron chi connectivity index (χ0n) is 15.4. The number of carbonyl (C=O) groups excluding carboxylic acids is 2. The number of nitrogens with one attached hydrogen (secondary N) is 2. The molecule has 2 aliphatic carbocycles. The highest BCUT2D eigenvalue weighted by Gasteiger charge is 2.58. The predicted octanol–water partition coefficient (Wildman–Crippen LogP) is -0.0898. The summed E-state index contributed by atoms with van der Waals surface area (Å²) in [7, 11) is 5.82. The van der Waals surface area contributed by atoms with Gasteiger partial charge in [0.15, 0.2) is 5.96 Å². The average molecular weight is 347 g/mol. The molecule has 0 aromatic heterocycles. The fourth-order valence-corrected chi connectivity index (χ4v) is 4.29. The van der Waals surface area contributed by atoms with Gasteiger partial charge in [-0.25, -0.2) is 0 Å². The first-order valence-corrected chi connectivity index (χ1v) is 9.15. The van der Waals surface area contributed by atoms with Gasteiger partial charge in [0.25, 0.3) is 0 Å². The fraction of sp³-hybridized carbons (Fsp3) is 0.722. The van der Waals surface area contributed by atoms with Crippen molar-refractivity contribution in [3.8, 4) is 0 Å². The van der Waals surface area contributed by atoms with Crippen LogP contribution >= 0.6 is 0 Å². The zero-order valence-corrected chi connectivity index (χ0v) is 15.4. The predicted molar refractivity (Wildman–Crippen MR) is 97.0 cm³/mol. The number of carbonyl (C=O) groups is 2. The van der Waals surface area contributed by atoms with E-state index in [0.29, 0.717) is 19.0 Å². The van der Waals surface area contributed by atoms with Gasteiger partial charge in [-0.2, -0.15) is 0 Å². The summed E-state index contributed by atoms with van der Waals surface area (Å²) < 4.78 is 0. The summed E-state index contributed by atoms with van der Waals surface area (Å²) in [4.78, 5) is 33.0. The first-order valence-electron chi connectivity index (χ1n) is 9.15. The van der Waals surface area contributed by atoms with Crippen LogP contribution < -0.4 is 10.6 Å². The Morgan fingerprint density at radius 2 is 1.76 bits per heavy atom. The molecule has 4 unspecified atom stereocenters. The molecule has 0 aromatic carbocycles. The molecule has 2 amide bonds. The first-order chi connectivity index (χ1) is 12.0. The van der Waals surface area contributed by atoms with Gasteiger partial charge in [-0.05, 0) is 45.3 Å². The van der Waals surface area contributed by atoms with Crippen LogP contribution in [0, 0.1) is 23.7 Å².